The van der Waals surface area contributed by atoms with E-state index in [1.807, 2.05) is 12.1 Å². The first-order valence-electron chi connectivity index (χ1n) is 10.3. The number of nitrogens with two attached hydrogens (primary N) is 1. The summed E-state index contributed by atoms with van der Waals surface area (Å²) >= 11 is 12.1. The maximum Gasteiger partial charge on any atom is 0.142 e. The number of benzene rings is 2. The quantitative estimate of drug-likeness (QED) is 0.412. The Morgan fingerprint density at radius 1 is 1.21 bits per heavy atom. The number of aromatic nitrogens is 1. The summed E-state index contributed by atoms with van der Waals surface area (Å²) in [4.78, 5) is 4.43. The molecule has 2 heterocycles. The monoisotopic (exact) mass is 504 g/mol. The van der Waals surface area contributed by atoms with Crippen LogP contribution in [-0.2, 0) is 6.61 Å². The lowest BCUT2D eigenvalue weighted by molar-refractivity contribution is 0.306. The lowest BCUT2D eigenvalue weighted by atomic mass is 9.88. The van der Waals surface area contributed by atoms with Crippen LogP contribution in [0.15, 0.2) is 42.5 Å². The molecule has 1 aliphatic rings. The van der Waals surface area contributed by atoms with Crippen LogP contribution in [0, 0.1) is 11.3 Å². The van der Waals surface area contributed by atoms with Crippen molar-refractivity contribution in [2.75, 3.05) is 18.8 Å². The van der Waals surface area contributed by atoms with E-state index in [1.54, 1.807) is 30.3 Å². The topological polar surface area (TPSA) is 104 Å². The van der Waals surface area contributed by atoms with E-state index in [4.69, 9.17) is 33.7 Å². The minimum Gasteiger partial charge on any atom is -0.507 e. The van der Waals surface area contributed by atoms with Crippen molar-refractivity contribution in [3.63, 3.8) is 0 Å². The van der Waals surface area contributed by atoms with E-state index in [9.17, 15) is 10.4 Å². The Kier molecular flexibility index (Phi) is 8.28. The van der Waals surface area contributed by atoms with Crippen LogP contribution in [0.5, 0.6) is 11.5 Å². The summed E-state index contributed by atoms with van der Waals surface area (Å²) in [5.41, 5.74) is 9.10. The maximum absolute atomic E-state index is 10.7. The van der Waals surface area contributed by atoms with E-state index in [-0.39, 0.29) is 36.5 Å². The van der Waals surface area contributed by atoms with Crippen LogP contribution in [-0.4, -0.2) is 23.2 Å². The predicted octanol–water partition coefficient (Wildman–Crippen LogP) is 5.68. The molecule has 0 spiro atoms. The summed E-state index contributed by atoms with van der Waals surface area (Å²) in [6.45, 7) is 1.94. The van der Waals surface area contributed by atoms with Gasteiger partial charge in [-0.2, -0.15) is 5.26 Å². The molecule has 0 bridgehead atoms. The SMILES string of the molecule is Cl.N#Cc1c(C2CCCNC2)cc(-c2c(O)cccc2OCc2ccc(Cl)c(Cl)c2)nc1N. The number of phenols is 1. The molecule has 0 aliphatic carbocycles. The van der Waals surface area contributed by atoms with Crippen molar-refractivity contribution in [3.05, 3.63) is 69.2 Å². The van der Waals surface area contributed by atoms with Crippen molar-refractivity contribution in [1.82, 2.24) is 10.3 Å². The van der Waals surface area contributed by atoms with Gasteiger partial charge >= 0.3 is 0 Å². The number of rotatable bonds is 5. The Balaban J connectivity index is 0.00000306. The number of piperidine rings is 1. The van der Waals surface area contributed by atoms with Gasteiger partial charge in [-0.3, -0.25) is 0 Å². The summed E-state index contributed by atoms with van der Waals surface area (Å²) in [5, 5.41) is 24.6. The number of nitrogens with zero attached hydrogens (tertiary/aromatic N) is 2. The minimum atomic E-state index is 0. The average molecular weight is 506 g/mol. The second-order valence-electron chi connectivity index (χ2n) is 7.70. The molecule has 2 aromatic carbocycles. The lowest BCUT2D eigenvalue weighted by Crippen LogP contribution is -2.29. The normalized spacial score (nSPS) is 15.4. The van der Waals surface area contributed by atoms with Crippen LogP contribution in [0.2, 0.25) is 10.0 Å². The molecule has 172 valence electrons. The van der Waals surface area contributed by atoms with Crippen LogP contribution < -0.4 is 15.8 Å². The van der Waals surface area contributed by atoms with Gasteiger partial charge in [0.2, 0.25) is 0 Å². The standard InChI is InChI=1S/C24H22Cl2N4O2.ClH/c25-18-7-6-14(9-19(18)26)13-32-22-5-1-4-21(31)23(22)20-10-16(15-3-2-8-29-12-15)17(11-27)24(28)30-20;/h1,4-7,9-10,15,29,31H,2-3,8,12-13H2,(H2,28,30);1H. The molecule has 1 unspecified atom stereocenters. The molecule has 1 aromatic heterocycles. The van der Waals surface area contributed by atoms with Crippen LogP contribution >= 0.6 is 35.6 Å². The van der Waals surface area contributed by atoms with Gasteiger partial charge in [-0.1, -0.05) is 35.3 Å². The third-order valence-corrected chi connectivity index (χ3v) is 6.30. The molecule has 1 fully saturated rings. The highest BCUT2D eigenvalue weighted by molar-refractivity contribution is 6.42. The molecule has 0 amide bonds. The molecule has 0 saturated carbocycles. The number of hydrogen-bond donors (Lipinski definition) is 3. The second kappa shape index (κ2) is 11.0. The van der Waals surface area contributed by atoms with Crippen molar-refractivity contribution in [2.24, 2.45) is 0 Å². The van der Waals surface area contributed by atoms with Crippen LogP contribution in [0.4, 0.5) is 5.82 Å². The highest BCUT2D eigenvalue weighted by atomic mass is 35.5. The van der Waals surface area contributed by atoms with E-state index < -0.39 is 0 Å². The number of pyridine rings is 1. The third-order valence-electron chi connectivity index (χ3n) is 5.57. The molecular weight excluding hydrogens is 483 g/mol. The number of aromatic hydroxyl groups is 1. The van der Waals surface area contributed by atoms with Crippen molar-refractivity contribution >= 4 is 41.4 Å². The highest BCUT2D eigenvalue weighted by Gasteiger charge is 2.24. The van der Waals surface area contributed by atoms with Gasteiger partial charge in [-0.25, -0.2) is 4.98 Å². The molecule has 9 heteroatoms. The van der Waals surface area contributed by atoms with Gasteiger partial charge in [0.25, 0.3) is 0 Å². The van der Waals surface area contributed by atoms with Gasteiger partial charge in [0, 0.05) is 6.54 Å². The van der Waals surface area contributed by atoms with Crippen LogP contribution in [0.25, 0.3) is 11.3 Å². The van der Waals surface area contributed by atoms with E-state index in [0.717, 1.165) is 37.1 Å². The number of nitriles is 1. The largest absolute Gasteiger partial charge is 0.507 e. The number of nitrogen functional groups attached to an aromatic ring is 1. The number of phenolic OH excluding ortho intramolecular Hbond substituents is 1. The Morgan fingerprint density at radius 3 is 2.73 bits per heavy atom. The molecule has 6 nitrogen and oxygen atoms in total. The number of ether oxygens (including phenoxy) is 1. The highest BCUT2D eigenvalue weighted by Crippen LogP contribution is 2.40. The molecule has 3 aromatic rings. The van der Waals surface area contributed by atoms with Gasteiger partial charge in [-0.15, -0.1) is 12.4 Å². The van der Waals surface area contributed by atoms with Crippen LogP contribution in [0.3, 0.4) is 0 Å². The lowest BCUT2D eigenvalue weighted by Gasteiger charge is -2.25. The summed E-state index contributed by atoms with van der Waals surface area (Å²) in [7, 11) is 0. The van der Waals surface area contributed by atoms with Crippen LogP contribution in [0.1, 0.15) is 35.4 Å². The zero-order valence-corrected chi connectivity index (χ0v) is 20.0. The van der Waals surface area contributed by atoms with Gasteiger partial charge in [-0.05, 0) is 66.8 Å². The van der Waals surface area contributed by atoms with Crippen molar-refractivity contribution in [2.45, 2.75) is 25.4 Å². The zero-order valence-electron chi connectivity index (χ0n) is 17.6. The van der Waals surface area contributed by atoms with E-state index in [2.05, 4.69) is 16.4 Å². The molecular formula is C24H23Cl3N4O2. The Hall–Kier alpha value is -2.69. The Labute approximate surface area is 208 Å². The predicted molar refractivity (Wildman–Crippen MR) is 133 cm³/mol. The number of anilines is 1. The van der Waals surface area contributed by atoms with Crippen molar-refractivity contribution in [1.29, 1.82) is 5.26 Å². The van der Waals surface area contributed by atoms with E-state index >= 15 is 0 Å². The third kappa shape index (κ3) is 5.45. The van der Waals surface area contributed by atoms with Gasteiger partial charge in [0.15, 0.2) is 0 Å². The second-order valence-corrected chi connectivity index (χ2v) is 8.51. The Morgan fingerprint density at radius 2 is 2.03 bits per heavy atom. The molecule has 0 radical (unpaired) electrons. The molecule has 33 heavy (non-hydrogen) atoms. The minimum absolute atomic E-state index is 0. The fourth-order valence-electron chi connectivity index (χ4n) is 3.96. The fourth-order valence-corrected chi connectivity index (χ4v) is 4.28. The maximum atomic E-state index is 10.7. The Bertz CT molecular complexity index is 1190. The van der Waals surface area contributed by atoms with Gasteiger partial charge in [0.1, 0.15) is 30.0 Å². The first-order valence-corrected chi connectivity index (χ1v) is 11.0. The average Bonchev–Trinajstić information content (AvgIpc) is 2.80. The smallest absolute Gasteiger partial charge is 0.142 e. The number of hydrogen-bond acceptors (Lipinski definition) is 6. The van der Waals surface area contributed by atoms with Gasteiger partial charge < -0.3 is 20.9 Å². The fraction of sp³-hybridized carbons (Fsp3) is 0.250. The molecule has 1 aliphatic heterocycles. The first kappa shape index (κ1) is 24.9. The molecule has 4 N–H and O–H groups in total. The van der Waals surface area contributed by atoms with Crippen molar-refractivity contribution in [3.8, 4) is 28.8 Å². The van der Waals surface area contributed by atoms with E-state index in [1.165, 1.54) is 0 Å². The summed E-state index contributed by atoms with van der Waals surface area (Å²) in [6, 6.07) is 14.3. The summed E-state index contributed by atoms with van der Waals surface area (Å²) in [5.74, 6) is 0.750. The van der Waals surface area contributed by atoms with Crippen molar-refractivity contribution < 1.29 is 9.84 Å². The summed E-state index contributed by atoms with van der Waals surface area (Å²) in [6.07, 6.45) is 1.97. The molecule has 1 atom stereocenters. The number of nitrogens with one attached hydrogen (secondary N) is 1. The number of halogens is 3. The first-order chi connectivity index (χ1) is 15.5. The molecule has 1 saturated heterocycles. The summed E-state index contributed by atoms with van der Waals surface area (Å²) < 4.78 is 6.02. The molecule has 4 rings (SSSR count). The van der Waals surface area contributed by atoms with Gasteiger partial charge in [0.05, 0.1) is 26.9 Å². The van der Waals surface area contributed by atoms with E-state index in [0.29, 0.717) is 32.6 Å². The zero-order chi connectivity index (χ0) is 22.7.